The molecule has 4 heteroatoms. The van der Waals surface area contributed by atoms with Crippen LogP contribution in [0.1, 0.15) is 30.9 Å². The van der Waals surface area contributed by atoms with Gasteiger partial charge in [-0.05, 0) is 52.4 Å². The lowest BCUT2D eigenvalue weighted by Crippen LogP contribution is -2.23. The molecule has 1 nitrogen and oxygen atoms in total. The summed E-state index contributed by atoms with van der Waals surface area (Å²) >= 11 is 0. The van der Waals surface area contributed by atoms with Gasteiger partial charge in [-0.25, -0.2) is 0 Å². The Hall–Kier alpha value is -3.01. The first-order chi connectivity index (χ1) is 13.9. The minimum Gasteiger partial charge on any atom is -0.406 e. The molecule has 0 aliphatic heterocycles. The van der Waals surface area contributed by atoms with E-state index in [0.29, 0.717) is 0 Å². The maximum Gasteiger partial charge on any atom is 0.573 e. The molecule has 1 aliphatic carbocycles. The third-order valence-corrected chi connectivity index (χ3v) is 5.63. The van der Waals surface area contributed by atoms with Crippen LogP contribution >= 0.6 is 0 Å². The summed E-state index contributed by atoms with van der Waals surface area (Å²) in [5.74, 6) is -0.198. The molecule has 0 fully saturated rings. The fourth-order valence-electron chi connectivity index (χ4n) is 3.93. The summed E-state index contributed by atoms with van der Waals surface area (Å²) in [6.07, 6.45) is 3.83. The predicted molar refractivity (Wildman–Crippen MR) is 111 cm³/mol. The van der Waals surface area contributed by atoms with E-state index in [0.717, 1.165) is 29.2 Å². The zero-order valence-corrected chi connectivity index (χ0v) is 16.0. The lowest BCUT2D eigenvalue weighted by molar-refractivity contribution is -0.274. The van der Waals surface area contributed by atoms with Gasteiger partial charge in [-0.2, -0.15) is 0 Å². The maximum atomic E-state index is 12.5. The van der Waals surface area contributed by atoms with Gasteiger partial charge in [-0.1, -0.05) is 79.7 Å². The second kappa shape index (κ2) is 7.43. The number of benzene rings is 3. The highest BCUT2D eigenvalue weighted by Gasteiger charge is 2.31. The molecule has 148 valence electrons. The van der Waals surface area contributed by atoms with Gasteiger partial charge in [0, 0.05) is 5.41 Å². The first-order valence-electron chi connectivity index (χ1n) is 9.63. The van der Waals surface area contributed by atoms with Crippen molar-refractivity contribution in [3.05, 3.63) is 96.1 Å². The lowest BCUT2D eigenvalue weighted by Gasteiger charge is -2.32. The molecule has 3 aromatic carbocycles. The molecule has 0 N–H and O–H groups in total. The topological polar surface area (TPSA) is 9.23 Å². The third kappa shape index (κ3) is 4.07. The predicted octanol–water partition coefficient (Wildman–Crippen LogP) is 7.43. The van der Waals surface area contributed by atoms with Crippen LogP contribution in [0.2, 0.25) is 0 Å². The molecule has 0 bridgehead atoms. The van der Waals surface area contributed by atoms with E-state index in [1.54, 1.807) is 6.07 Å². The van der Waals surface area contributed by atoms with Gasteiger partial charge >= 0.3 is 6.36 Å². The van der Waals surface area contributed by atoms with Crippen molar-refractivity contribution in [2.75, 3.05) is 0 Å². The van der Waals surface area contributed by atoms with Crippen LogP contribution in [0, 0.1) is 0 Å². The van der Waals surface area contributed by atoms with Gasteiger partial charge in [-0.3, -0.25) is 0 Å². The molecule has 1 atom stereocenters. The van der Waals surface area contributed by atoms with Crippen molar-refractivity contribution >= 4 is 16.3 Å². The van der Waals surface area contributed by atoms with E-state index in [9.17, 15) is 13.2 Å². The number of fused-ring (bicyclic) bond motifs is 1. The molecule has 0 saturated heterocycles. The molecule has 0 saturated carbocycles. The van der Waals surface area contributed by atoms with Crippen LogP contribution < -0.4 is 4.74 Å². The van der Waals surface area contributed by atoms with Crippen LogP contribution in [0.5, 0.6) is 5.75 Å². The van der Waals surface area contributed by atoms with Crippen LogP contribution in [0.15, 0.2) is 85.0 Å². The van der Waals surface area contributed by atoms with E-state index in [2.05, 4.69) is 48.1 Å². The normalized spacial score (nSPS) is 19.2. The molecule has 29 heavy (non-hydrogen) atoms. The van der Waals surface area contributed by atoms with Crippen LogP contribution in [-0.4, -0.2) is 6.36 Å². The van der Waals surface area contributed by atoms with Crippen LogP contribution in [0.25, 0.3) is 16.3 Å². The Morgan fingerprint density at radius 1 is 0.931 bits per heavy atom. The summed E-state index contributed by atoms with van der Waals surface area (Å²) in [6, 6.07) is 20.7. The number of hydrogen-bond acceptors (Lipinski definition) is 1. The molecule has 0 spiro atoms. The van der Waals surface area contributed by atoms with Gasteiger partial charge in [0.15, 0.2) is 0 Å². The molecule has 0 radical (unpaired) electrons. The summed E-state index contributed by atoms with van der Waals surface area (Å²) in [5, 5.41) is 1.62. The number of alkyl halides is 3. The summed E-state index contributed by atoms with van der Waals surface area (Å²) < 4.78 is 41.4. The molecular weight excluding hydrogens is 373 g/mol. The Bertz CT molecular complexity index is 1080. The van der Waals surface area contributed by atoms with Crippen molar-refractivity contribution in [2.45, 2.75) is 31.5 Å². The van der Waals surface area contributed by atoms with Crippen molar-refractivity contribution in [3.63, 3.8) is 0 Å². The zero-order valence-electron chi connectivity index (χ0n) is 16.0. The van der Waals surface area contributed by atoms with E-state index in [4.69, 9.17) is 0 Å². The minimum absolute atomic E-state index is 0.117. The average Bonchev–Trinajstić information content (AvgIpc) is 2.73. The average molecular weight is 394 g/mol. The fourth-order valence-corrected chi connectivity index (χ4v) is 3.93. The molecule has 3 aromatic rings. The molecule has 0 amide bonds. The number of allylic oxidation sites excluding steroid dienone is 4. The summed E-state index contributed by atoms with van der Waals surface area (Å²) in [4.78, 5) is 0. The van der Waals surface area contributed by atoms with Gasteiger partial charge < -0.3 is 4.74 Å². The van der Waals surface area contributed by atoms with Gasteiger partial charge in [-0.15, -0.1) is 13.2 Å². The van der Waals surface area contributed by atoms with Crippen molar-refractivity contribution in [1.29, 1.82) is 0 Å². The monoisotopic (exact) mass is 394 g/mol. The number of rotatable bonds is 4. The zero-order chi connectivity index (χ0) is 20.5. The second-order valence-corrected chi connectivity index (χ2v) is 7.34. The van der Waals surface area contributed by atoms with Gasteiger partial charge in [0.2, 0.25) is 0 Å². The third-order valence-electron chi connectivity index (χ3n) is 5.63. The Labute approximate surface area is 168 Å². The molecule has 0 aromatic heterocycles. The molecular formula is C25H21F3O. The van der Waals surface area contributed by atoms with Crippen molar-refractivity contribution < 1.29 is 17.9 Å². The van der Waals surface area contributed by atoms with Crippen molar-refractivity contribution in [3.8, 4) is 5.75 Å². The smallest absolute Gasteiger partial charge is 0.406 e. The number of hydrogen-bond donors (Lipinski definition) is 0. The van der Waals surface area contributed by atoms with E-state index in [-0.39, 0.29) is 11.2 Å². The van der Waals surface area contributed by atoms with Crippen LogP contribution in [0.4, 0.5) is 13.2 Å². The SMILES string of the molecule is CCC1(c2ccc3cc(OC(F)(F)F)ccc3c2)C=CC(c2ccccc2)=CC1. The van der Waals surface area contributed by atoms with Crippen LogP contribution in [0.3, 0.4) is 0 Å². The highest BCUT2D eigenvalue weighted by molar-refractivity contribution is 5.85. The van der Waals surface area contributed by atoms with Crippen molar-refractivity contribution in [2.24, 2.45) is 0 Å². The van der Waals surface area contributed by atoms with E-state index >= 15 is 0 Å². The maximum absolute atomic E-state index is 12.5. The summed E-state index contributed by atoms with van der Waals surface area (Å²) in [6.45, 7) is 2.16. The van der Waals surface area contributed by atoms with Crippen molar-refractivity contribution in [1.82, 2.24) is 0 Å². The molecule has 0 heterocycles. The van der Waals surface area contributed by atoms with Gasteiger partial charge in [0.1, 0.15) is 5.75 Å². The highest BCUT2D eigenvalue weighted by atomic mass is 19.4. The van der Waals surface area contributed by atoms with E-state index in [1.165, 1.54) is 23.3 Å². The molecule has 4 rings (SSSR count). The Balaban J connectivity index is 1.64. The first kappa shape index (κ1) is 19.3. The Morgan fingerprint density at radius 3 is 2.31 bits per heavy atom. The number of halogens is 3. The van der Waals surface area contributed by atoms with E-state index in [1.807, 2.05) is 30.3 Å². The standard InChI is InChI=1S/C25H21F3O/c1-2-24(14-12-19(13-15-24)18-6-4-3-5-7-18)22-10-8-21-17-23(29-25(26,27)28)11-9-20(21)16-22/h3-14,16-17H,2,15H2,1H3. The Kier molecular flexibility index (Phi) is 4.95. The first-order valence-corrected chi connectivity index (χ1v) is 9.63. The fraction of sp³-hybridized carbons (Fsp3) is 0.200. The highest BCUT2D eigenvalue weighted by Crippen LogP contribution is 2.40. The van der Waals surface area contributed by atoms with Gasteiger partial charge in [0.25, 0.3) is 0 Å². The largest absolute Gasteiger partial charge is 0.573 e. The lowest BCUT2D eigenvalue weighted by atomic mass is 9.71. The summed E-state index contributed by atoms with van der Waals surface area (Å²) in [7, 11) is 0. The quantitative estimate of drug-likeness (QED) is 0.447. The number of ether oxygens (including phenoxy) is 1. The van der Waals surface area contributed by atoms with Gasteiger partial charge in [0.05, 0.1) is 0 Å². The molecule has 1 unspecified atom stereocenters. The summed E-state index contributed by atoms with van der Waals surface area (Å²) in [5.41, 5.74) is 3.46. The molecule has 1 aliphatic rings. The van der Waals surface area contributed by atoms with Crippen LogP contribution in [-0.2, 0) is 5.41 Å². The second-order valence-electron chi connectivity index (χ2n) is 7.34. The Morgan fingerprint density at radius 2 is 1.66 bits per heavy atom. The minimum atomic E-state index is -4.68. The van der Waals surface area contributed by atoms with E-state index < -0.39 is 6.36 Å².